The molecule has 17 heavy (non-hydrogen) atoms. The molecule has 0 aliphatic rings. The highest BCUT2D eigenvalue weighted by Gasteiger charge is 2.12. The molecule has 0 aliphatic heterocycles. The SMILES string of the molecule is CCN(CCCNCCC(=O)NC)S(C)(=O)=O. The van der Waals surface area contributed by atoms with Crippen LogP contribution < -0.4 is 10.6 Å². The fraction of sp³-hybridized carbons (Fsp3) is 0.900. The number of rotatable bonds is 9. The monoisotopic (exact) mass is 265 g/mol. The lowest BCUT2D eigenvalue weighted by atomic mass is 10.3. The fourth-order valence-corrected chi connectivity index (χ4v) is 2.32. The van der Waals surface area contributed by atoms with Gasteiger partial charge in [-0.3, -0.25) is 4.79 Å². The zero-order chi connectivity index (χ0) is 13.3. The van der Waals surface area contributed by atoms with Gasteiger partial charge in [0.25, 0.3) is 0 Å². The molecule has 0 heterocycles. The molecule has 0 aliphatic carbocycles. The number of carbonyl (C=O) groups is 1. The summed E-state index contributed by atoms with van der Waals surface area (Å²) in [6.45, 7) is 4.16. The molecule has 0 radical (unpaired) electrons. The van der Waals surface area contributed by atoms with Gasteiger partial charge in [-0.1, -0.05) is 6.92 Å². The molecule has 0 aromatic heterocycles. The molecule has 0 aromatic rings. The van der Waals surface area contributed by atoms with Gasteiger partial charge in [0, 0.05) is 33.1 Å². The van der Waals surface area contributed by atoms with Crippen LogP contribution >= 0.6 is 0 Å². The number of carbonyl (C=O) groups excluding carboxylic acids is 1. The van der Waals surface area contributed by atoms with Crippen molar-refractivity contribution in [3.05, 3.63) is 0 Å². The van der Waals surface area contributed by atoms with Crippen molar-refractivity contribution < 1.29 is 13.2 Å². The Morgan fingerprint density at radius 3 is 2.41 bits per heavy atom. The molecule has 0 atom stereocenters. The van der Waals surface area contributed by atoms with Crippen LogP contribution in [0.5, 0.6) is 0 Å². The first-order valence-electron chi connectivity index (χ1n) is 5.78. The van der Waals surface area contributed by atoms with E-state index in [0.29, 0.717) is 32.6 Å². The van der Waals surface area contributed by atoms with E-state index < -0.39 is 10.0 Å². The third-order valence-corrected chi connectivity index (χ3v) is 3.77. The molecule has 0 unspecified atom stereocenters. The van der Waals surface area contributed by atoms with Crippen molar-refractivity contribution >= 4 is 15.9 Å². The quantitative estimate of drug-likeness (QED) is 0.545. The molecular weight excluding hydrogens is 242 g/mol. The minimum Gasteiger partial charge on any atom is -0.359 e. The van der Waals surface area contributed by atoms with E-state index in [2.05, 4.69) is 10.6 Å². The van der Waals surface area contributed by atoms with Gasteiger partial charge in [-0.05, 0) is 13.0 Å². The minimum atomic E-state index is -3.08. The van der Waals surface area contributed by atoms with Gasteiger partial charge in [0.1, 0.15) is 0 Å². The third-order valence-electron chi connectivity index (χ3n) is 2.39. The second-order valence-electron chi connectivity index (χ2n) is 3.78. The summed E-state index contributed by atoms with van der Waals surface area (Å²) in [5.74, 6) is 0.00354. The van der Waals surface area contributed by atoms with Crippen LogP contribution in [-0.4, -0.2) is 58.1 Å². The van der Waals surface area contributed by atoms with Crippen LogP contribution in [0.2, 0.25) is 0 Å². The topological polar surface area (TPSA) is 78.5 Å². The minimum absolute atomic E-state index is 0.00354. The summed E-state index contributed by atoms with van der Waals surface area (Å²) in [5, 5.41) is 5.64. The zero-order valence-corrected chi connectivity index (χ0v) is 11.6. The van der Waals surface area contributed by atoms with E-state index in [-0.39, 0.29) is 5.91 Å². The van der Waals surface area contributed by atoms with Gasteiger partial charge in [-0.2, -0.15) is 0 Å². The zero-order valence-electron chi connectivity index (χ0n) is 10.8. The summed E-state index contributed by atoms with van der Waals surface area (Å²) in [6.07, 6.45) is 2.41. The Kier molecular flexibility index (Phi) is 8.11. The summed E-state index contributed by atoms with van der Waals surface area (Å²) >= 11 is 0. The summed E-state index contributed by atoms with van der Waals surface area (Å²) in [7, 11) is -1.48. The van der Waals surface area contributed by atoms with E-state index >= 15 is 0 Å². The lowest BCUT2D eigenvalue weighted by Gasteiger charge is -2.17. The van der Waals surface area contributed by atoms with Crippen molar-refractivity contribution in [1.29, 1.82) is 0 Å². The highest BCUT2D eigenvalue weighted by atomic mass is 32.2. The lowest BCUT2D eigenvalue weighted by molar-refractivity contribution is -0.120. The maximum Gasteiger partial charge on any atom is 0.221 e. The fourth-order valence-electron chi connectivity index (χ4n) is 1.39. The van der Waals surface area contributed by atoms with Gasteiger partial charge >= 0.3 is 0 Å². The van der Waals surface area contributed by atoms with Crippen LogP contribution in [0, 0.1) is 0 Å². The molecule has 6 nitrogen and oxygen atoms in total. The smallest absolute Gasteiger partial charge is 0.221 e. The number of amides is 1. The molecule has 0 saturated heterocycles. The van der Waals surface area contributed by atoms with E-state index in [0.717, 1.165) is 6.42 Å². The number of sulfonamides is 1. The summed E-state index contributed by atoms with van der Waals surface area (Å²) in [6, 6.07) is 0. The lowest BCUT2D eigenvalue weighted by Crippen LogP contribution is -2.33. The van der Waals surface area contributed by atoms with Crippen molar-refractivity contribution in [3.63, 3.8) is 0 Å². The van der Waals surface area contributed by atoms with Gasteiger partial charge in [0.05, 0.1) is 6.26 Å². The molecule has 0 fully saturated rings. The standard InChI is InChI=1S/C10H23N3O3S/c1-4-13(17(3,15)16)9-5-7-12-8-6-10(14)11-2/h12H,4-9H2,1-3H3,(H,11,14). The Hall–Kier alpha value is -0.660. The number of hydrogen-bond acceptors (Lipinski definition) is 4. The third kappa shape index (κ3) is 8.12. The Morgan fingerprint density at radius 2 is 1.94 bits per heavy atom. The summed E-state index contributed by atoms with van der Waals surface area (Å²) in [5.41, 5.74) is 0. The summed E-state index contributed by atoms with van der Waals surface area (Å²) in [4.78, 5) is 10.9. The number of nitrogens with zero attached hydrogens (tertiary/aromatic N) is 1. The van der Waals surface area contributed by atoms with E-state index in [1.54, 1.807) is 7.05 Å². The average Bonchev–Trinajstić information content (AvgIpc) is 2.25. The van der Waals surface area contributed by atoms with Gasteiger partial charge in [-0.15, -0.1) is 0 Å². The molecule has 102 valence electrons. The first kappa shape index (κ1) is 16.3. The molecule has 0 bridgehead atoms. The number of nitrogens with one attached hydrogen (secondary N) is 2. The first-order chi connectivity index (χ1) is 7.91. The molecule has 7 heteroatoms. The molecular formula is C10H23N3O3S. The largest absolute Gasteiger partial charge is 0.359 e. The summed E-state index contributed by atoms with van der Waals surface area (Å²) < 4.78 is 24.0. The predicted molar refractivity (Wildman–Crippen MR) is 68.3 cm³/mol. The van der Waals surface area contributed by atoms with Crippen LogP contribution in [0.25, 0.3) is 0 Å². The van der Waals surface area contributed by atoms with Gasteiger partial charge in [0.15, 0.2) is 0 Å². The second kappa shape index (κ2) is 8.43. The highest BCUT2D eigenvalue weighted by molar-refractivity contribution is 7.88. The van der Waals surface area contributed by atoms with Crippen LogP contribution in [0.4, 0.5) is 0 Å². The Balaban J connectivity index is 3.60. The highest BCUT2D eigenvalue weighted by Crippen LogP contribution is 1.97. The maximum atomic E-state index is 11.3. The predicted octanol–water partition coefficient (Wildman–Crippen LogP) is -0.616. The van der Waals surface area contributed by atoms with E-state index in [1.807, 2.05) is 6.92 Å². The van der Waals surface area contributed by atoms with E-state index in [1.165, 1.54) is 10.6 Å². The normalized spacial score (nSPS) is 11.8. The van der Waals surface area contributed by atoms with Crippen LogP contribution in [0.15, 0.2) is 0 Å². The average molecular weight is 265 g/mol. The Bertz CT molecular complexity index is 317. The van der Waals surface area contributed by atoms with Gasteiger partial charge < -0.3 is 10.6 Å². The van der Waals surface area contributed by atoms with Gasteiger partial charge in [0.2, 0.25) is 15.9 Å². The van der Waals surface area contributed by atoms with Crippen molar-refractivity contribution in [2.45, 2.75) is 19.8 Å². The van der Waals surface area contributed by atoms with E-state index in [4.69, 9.17) is 0 Å². The molecule has 1 amide bonds. The van der Waals surface area contributed by atoms with Crippen LogP contribution in [0.1, 0.15) is 19.8 Å². The van der Waals surface area contributed by atoms with Gasteiger partial charge in [-0.25, -0.2) is 12.7 Å². The molecule has 0 rings (SSSR count). The van der Waals surface area contributed by atoms with Crippen molar-refractivity contribution in [1.82, 2.24) is 14.9 Å². The van der Waals surface area contributed by atoms with Crippen LogP contribution in [-0.2, 0) is 14.8 Å². The number of hydrogen-bond donors (Lipinski definition) is 2. The van der Waals surface area contributed by atoms with E-state index in [9.17, 15) is 13.2 Å². The molecule has 0 saturated carbocycles. The van der Waals surface area contributed by atoms with Crippen molar-refractivity contribution in [2.75, 3.05) is 39.5 Å². The second-order valence-corrected chi connectivity index (χ2v) is 5.76. The Morgan fingerprint density at radius 1 is 1.29 bits per heavy atom. The molecule has 0 spiro atoms. The first-order valence-corrected chi connectivity index (χ1v) is 7.63. The Labute approximate surface area is 104 Å². The van der Waals surface area contributed by atoms with Crippen molar-refractivity contribution in [2.24, 2.45) is 0 Å². The van der Waals surface area contributed by atoms with Crippen LogP contribution in [0.3, 0.4) is 0 Å². The molecule has 2 N–H and O–H groups in total. The molecule has 0 aromatic carbocycles. The van der Waals surface area contributed by atoms with Crippen molar-refractivity contribution in [3.8, 4) is 0 Å². The maximum absolute atomic E-state index is 11.3.